The van der Waals surface area contributed by atoms with Gasteiger partial charge in [0, 0.05) is 13.2 Å². The number of hydrogen-bond donors (Lipinski definition) is 3. The third-order valence-corrected chi connectivity index (χ3v) is 7.84. The first-order valence-corrected chi connectivity index (χ1v) is 16.8. The van der Waals surface area contributed by atoms with E-state index in [4.69, 9.17) is 19.7 Å². The predicted molar refractivity (Wildman–Crippen MR) is 163 cm³/mol. The summed E-state index contributed by atoms with van der Waals surface area (Å²) >= 11 is 0. The molecule has 0 aromatic carbocycles. The SMILES string of the molecule is CCCCCCCCCCCCCCOCCCCCOP(=O)(O)CO[C@H](C)Cn1cnc2c(N)ncnc21.[NH4+]. The van der Waals surface area contributed by atoms with E-state index in [2.05, 4.69) is 21.9 Å². The van der Waals surface area contributed by atoms with Crippen LogP contribution in [0.4, 0.5) is 5.82 Å². The summed E-state index contributed by atoms with van der Waals surface area (Å²) in [6, 6.07) is 0. The number of nitrogens with zero attached hydrogens (tertiary/aromatic N) is 4. The number of rotatable bonds is 25. The summed E-state index contributed by atoms with van der Waals surface area (Å²) in [6.07, 6.45) is 21.0. The highest BCUT2D eigenvalue weighted by molar-refractivity contribution is 7.52. The van der Waals surface area contributed by atoms with Crippen molar-refractivity contribution in [1.29, 1.82) is 0 Å². The molecule has 2 atom stereocenters. The van der Waals surface area contributed by atoms with Gasteiger partial charge in [-0.05, 0) is 32.6 Å². The number of ether oxygens (including phenoxy) is 2. The van der Waals surface area contributed by atoms with Crippen molar-refractivity contribution < 1.29 is 23.5 Å². The van der Waals surface area contributed by atoms with Crippen molar-refractivity contribution in [2.45, 2.75) is 123 Å². The Bertz CT molecular complexity index is 947. The molecule has 0 fully saturated rings. The van der Waals surface area contributed by atoms with Crippen LogP contribution in [-0.4, -0.2) is 56.7 Å². The maximum absolute atomic E-state index is 12.3. The Hall–Kier alpha value is -1.62. The van der Waals surface area contributed by atoms with Gasteiger partial charge in [0.15, 0.2) is 11.5 Å². The second-order valence-corrected chi connectivity index (χ2v) is 12.3. The molecule has 0 spiro atoms. The lowest BCUT2D eigenvalue weighted by Crippen LogP contribution is -2.17. The minimum Gasteiger partial charge on any atom is -0.382 e. The van der Waals surface area contributed by atoms with Crippen LogP contribution in [0.3, 0.4) is 0 Å². The maximum Gasteiger partial charge on any atom is 0.353 e. The van der Waals surface area contributed by atoms with Crippen LogP contribution in [0, 0.1) is 0 Å². The van der Waals surface area contributed by atoms with E-state index in [-0.39, 0.29) is 25.2 Å². The van der Waals surface area contributed by atoms with Crippen molar-refractivity contribution in [3.05, 3.63) is 12.7 Å². The van der Waals surface area contributed by atoms with Crippen LogP contribution >= 0.6 is 7.60 Å². The Morgan fingerprint density at radius 1 is 0.875 bits per heavy atom. The molecule has 0 saturated heterocycles. The van der Waals surface area contributed by atoms with Crippen LogP contribution < -0.4 is 11.9 Å². The van der Waals surface area contributed by atoms with Gasteiger partial charge in [0.1, 0.15) is 18.2 Å². The van der Waals surface area contributed by atoms with Crippen molar-refractivity contribution in [1.82, 2.24) is 25.7 Å². The van der Waals surface area contributed by atoms with Crippen molar-refractivity contribution >= 4 is 24.6 Å². The summed E-state index contributed by atoms with van der Waals surface area (Å²) < 4.78 is 30.6. The summed E-state index contributed by atoms with van der Waals surface area (Å²) in [5, 5.41) is 0. The average Bonchev–Trinajstić information content (AvgIpc) is 3.32. The van der Waals surface area contributed by atoms with E-state index < -0.39 is 7.60 Å². The number of nitrogens with two attached hydrogens (primary N) is 1. The van der Waals surface area contributed by atoms with Crippen LogP contribution in [-0.2, 0) is 25.1 Å². The molecule has 12 heteroatoms. The number of quaternary nitrogens is 1. The molecule has 0 bridgehead atoms. The smallest absolute Gasteiger partial charge is 0.353 e. The van der Waals surface area contributed by atoms with E-state index in [9.17, 15) is 9.46 Å². The standard InChI is InChI=1S/C28H52N5O5P.H3N/c1-3-4-5-6-7-8-9-10-11-12-13-15-18-36-19-16-14-17-20-38-39(34,35)24-37-25(2)21-33-23-32-26-27(29)30-22-31-28(26)33;/h22-23,25H,3-21,24H2,1-2H3,(H,34,35)(H2,29,30,31);1H3/p+1/t25-;/m1./s1. The van der Waals surface area contributed by atoms with Gasteiger partial charge >= 0.3 is 7.60 Å². The van der Waals surface area contributed by atoms with Crippen molar-refractivity contribution in [3.8, 4) is 0 Å². The number of anilines is 1. The quantitative estimate of drug-likeness (QED) is 0.0799. The second kappa shape index (κ2) is 22.0. The van der Waals surface area contributed by atoms with E-state index in [1.165, 1.54) is 77.0 Å². The van der Waals surface area contributed by atoms with Gasteiger partial charge in [-0.1, -0.05) is 77.6 Å². The molecule has 11 nitrogen and oxygen atoms in total. The second-order valence-electron chi connectivity index (χ2n) is 10.5. The highest BCUT2D eigenvalue weighted by Gasteiger charge is 2.21. The van der Waals surface area contributed by atoms with Crippen LogP contribution in [0.2, 0.25) is 0 Å². The van der Waals surface area contributed by atoms with Gasteiger partial charge in [-0.2, -0.15) is 0 Å². The lowest BCUT2D eigenvalue weighted by atomic mass is 10.1. The maximum atomic E-state index is 12.3. The Labute approximate surface area is 241 Å². The number of hydrogen-bond acceptors (Lipinski definition) is 8. The van der Waals surface area contributed by atoms with E-state index in [1.54, 1.807) is 10.9 Å². The van der Waals surface area contributed by atoms with Crippen LogP contribution in [0.15, 0.2) is 12.7 Å². The largest absolute Gasteiger partial charge is 0.382 e. The Balaban J connectivity index is 0.00000800. The van der Waals surface area contributed by atoms with Crippen LogP contribution in [0.25, 0.3) is 11.2 Å². The zero-order valence-electron chi connectivity index (χ0n) is 25.3. The lowest BCUT2D eigenvalue weighted by Gasteiger charge is -2.17. The van der Waals surface area contributed by atoms with Gasteiger partial charge in [0.25, 0.3) is 0 Å². The predicted octanol–water partition coefficient (Wildman–Crippen LogP) is 7.24. The monoisotopic (exact) mass is 587 g/mol. The molecule has 2 heterocycles. The number of nitrogen functional groups attached to an aromatic ring is 1. The normalized spacial score (nSPS) is 13.8. The van der Waals surface area contributed by atoms with Crippen molar-refractivity contribution in [2.24, 2.45) is 0 Å². The summed E-state index contributed by atoms with van der Waals surface area (Å²) in [4.78, 5) is 22.4. The summed E-state index contributed by atoms with van der Waals surface area (Å²) in [7, 11) is -3.81. The minimum absolute atomic E-state index is 0. The lowest BCUT2D eigenvalue weighted by molar-refractivity contribution is 0.0713. The Morgan fingerprint density at radius 3 is 2.05 bits per heavy atom. The number of unbranched alkanes of at least 4 members (excludes halogenated alkanes) is 13. The Morgan fingerprint density at radius 2 is 1.43 bits per heavy atom. The molecule has 0 saturated carbocycles. The molecule has 7 N–H and O–H groups in total. The summed E-state index contributed by atoms with van der Waals surface area (Å²) in [5.74, 6) is 0.312. The third kappa shape index (κ3) is 16.0. The van der Waals surface area contributed by atoms with Gasteiger partial charge in [-0.15, -0.1) is 0 Å². The van der Waals surface area contributed by atoms with Crippen LogP contribution in [0.1, 0.15) is 110 Å². The number of aromatic nitrogens is 4. The first kappa shape index (κ1) is 36.4. The molecule has 0 aliphatic heterocycles. The van der Waals surface area contributed by atoms with Gasteiger partial charge in [0.05, 0.1) is 25.6 Å². The molecule has 2 rings (SSSR count). The molecule has 40 heavy (non-hydrogen) atoms. The molecule has 2 aromatic heterocycles. The molecular weight excluding hydrogens is 531 g/mol. The number of fused-ring (bicyclic) bond motifs is 1. The molecule has 0 aliphatic carbocycles. The zero-order valence-corrected chi connectivity index (χ0v) is 26.2. The summed E-state index contributed by atoms with van der Waals surface area (Å²) in [5.41, 5.74) is 6.93. The first-order chi connectivity index (χ1) is 18.9. The van der Waals surface area contributed by atoms with E-state index in [1.807, 2.05) is 6.92 Å². The van der Waals surface area contributed by atoms with Gasteiger partial charge in [-0.25, -0.2) is 15.0 Å². The van der Waals surface area contributed by atoms with Crippen molar-refractivity contribution in [3.63, 3.8) is 0 Å². The van der Waals surface area contributed by atoms with E-state index in [0.29, 0.717) is 29.9 Å². The fourth-order valence-electron chi connectivity index (χ4n) is 4.46. The molecule has 2 aromatic rings. The van der Waals surface area contributed by atoms with E-state index >= 15 is 0 Å². The number of imidazole rings is 1. The minimum atomic E-state index is -3.81. The van der Waals surface area contributed by atoms with Gasteiger partial charge < -0.3 is 35.3 Å². The Kier molecular flexibility index (Phi) is 20.1. The molecule has 0 amide bonds. The highest BCUT2D eigenvalue weighted by Crippen LogP contribution is 2.42. The molecule has 0 radical (unpaired) electrons. The van der Waals surface area contributed by atoms with Gasteiger partial charge in [0.2, 0.25) is 0 Å². The summed E-state index contributed by atoms with van der Waals surface area (Å²) in [6.45, 7) is 6.27. The van der Waals surface area contributed by atoms with Crippen LogP contribution in [0.5, 0.6) is 0 Å². The fourth-order valence-corrected chi connectivity index (χ4v) is 5.39. The first-order valence-electron chi connectivity index (χ1n) is 15.0. The van der Waals surface area contributed by atoms with Gasteiger partial charge in [-0.3, -0.25) is 4.57 Å². The van der Waals surface area contributed by atoms with Crippen molar-refractivity contribution in [2.75, 3.05) is 31.9 Å². The molecular formula is C28H56N6O5P+. The molecule has 1 unspecified atom stereocenters. The molecule has 232 valence electrons. The van der Waals surface area contributed by atoms with E-state index in [0.717, 1.165) is 32.5 Å². The highest BCUT2D eigenvalue weighted by atomic mass is 31.2. The fraction of sp³-hybridized carbons (Fsp3) is 0.821. The average molecular weight is 588 g/mol. The third-order valence-electron chi connectivity index (χ3n) is 6.77. The molecule has 0 aliphatic rings. The zero-order chi connectivity index (χ0) is 28.2. The topological polar surface area (TPSA) is 171 Å².